The van der Waals surface area contributed by atoms with Crippen LogP contribution in [0.25, 0.3) is 0 Å². The average molecular weight is 310 g/mol. The Morgan fingerprint density at radius 1 is 0.609 bits per heavy atom. The van der Waals surface area contributed by atoms with Gasteiger partial charge in [-0.25, -0.2) is 0 Å². The summed E-state index contributed by atoms with van der Waals surface area (Å²) in [5, 5.41) is 5.71. The largest absolute Gasteiger partial charge is 0.326 e. The van der Waals surface area contributed by atoms with Gasteiger partial charge in [-0.3, -0.25) is 9.59 Å². The van der Waals surface area contributed by atoms with Crippen LogP contribution in [0.15, 0.2) is 60.7 Å². The van der Waals surface area contributed by atoms with Gasteiger partial charge in [-0.15, -0.1) is 0 Å². The molecule has 4 heteroatoms. The lowest BCUT2D eigenvalue weighted by Crippen LogP contribution is -2.12. The molecule has 0 aliphatic rings. The average Bonchev–Trinajstić information content (AvgIpc) is 2.56. The van der Waals surface area contributed by atoms with E-state index < -0.39 is 0 Å². The molecule has 0 saturated carbocycles. The Morgan fingerprint density at radius 2 is 1.00 bits per heavy atom. The molecule has 0 aliphatic carbocycles. The van der Waals surface area contributed by atoms with Crippen molar-refractivity contribution in [2.24, 2.45) is 0 Å². The second kappa shape index (κ2) is 9.41. The van der Waals surface area contributed by atoms with Gasteiger partial charge in [-0.2, -0.15) is 0 Å². The maximum atomic E-state index is 11.8. The molecular weight excluding hydrogens is 288 g/mol. The normalized spacial score (nSPS) is 10.1. The molecule has 0 bridgehead atoms. The van der Waals surface area contributed by atoms with E-state index in [0.29, 0.717) is 12.8 Å². The maximum Gasteiger partial charge on any atom is 0.224 e. The first-order chi connectivity index (χ1) is 11.2. The molecule has 2 rings (SSSR count). The van der Waals surface area contributed by atoms with Gasteiger partial charge in [0.25, 0.3) is 0 Å². The minimum Gasteiger partial charge on any atom is -0.326 e. The predicted molar refractivity (Wildman–Crippen MR) is 93.2 cm³/mol. The summed E-state index contributed by atoms with van der Waals surface area (Å²) in [5.74, 6) is 0.0369. The van der Waals surface area contributed by atoms with Crippen LogP contribution < -0.4 is 10.6 Å². The van der Waals surface area contributed by atoms with Gasteiger partial charge in [-0.05, 0) is 37.1 Å². The number of hydrogen-bond donors (Lipinski definition) is 2. The molecular formula is C19H22N2O2. The first-order valence-electron chi connectivity index (χ1n) is 7.94. The zero-order valence-electron chi connectivity index (χ0n) is 13.1. The summed E-state index contributed by atoms with van der Waals surface area (Å²) in [6.07, 6.45) is 3.41. The molecule has 0 spiro atoms. The van der Waals surface area contributed by atoms with Crippen LogP contribution in [-0.2, 0) is 9.59 Å². The number of para-hydroxylation sites is 2. The molecule has 23 heavy (non-hydrogen) atoms. The summed E-state index contributed by atoms with van der Waals surface area (Å²) in [6, 6.07) is 18.9. The number of nitrogens with one attached hydrogen (secondary N) is 2. The van der Waals surface area contributed by atoms with Crippen LogP contribution in [0.3, 0.4) is 0 Å². The van der Waals surface area contributed by atoms with Crippen LogP contribution >= 0.6 is 0 Å². The van der Waals surface area contributed by atoms with Crippen LogP contribution in [0.2, 0.25) is 0 Å². The molecule has 0 saturated heterocycles. The summed E-state index contributed by atoms with van der Waals surface area (Å²) in [7, 11) is 0. The zero-order chi connectivity index (χ0) is 16.3. The van der Waals surface area contributed by atoms with Gasteiger partial charge in [0, 0.05) is 24.2 Å². The fourth-order valence-corrected chi connectivity index (χ4v) is 2.24. The van der Waals surface area contributed by atoms with Crippen molar-refractivity contribution >= 4 is 23.2 Å². The third-order valence-corrected chi connectivity index (χ3v) is 3.42. The molecule has 2 amide bonds. The monoisotopic (exact) mass is 310 g/mol. The van der Waals surface area contributed by atoms with E-state index in [1.54, 1.807) is 0 Å². The van der Waals surface area contributed by atoms with E-state index in [0.717, 1.165) is 30.6 Å². The lowest BCUT2D eigenvalue weighted by molar-refractivity contribution is -0.116. The smallest absolute Gasteiger partial charge is 0.224 e. The minimum atomic E-state index is 0.0185. The molecule has 0 atom stereocenters. The third-order valence-electron chi connectivity index (χ3n) is 3.42. The fourth-order valence-electron chi connectivity index (χ4n) is 2.24. The van der Waals surface area contributed by atoms with Crippen LogP contribution in [0.5, 0.6) is 0 Å². The van der Waals surface area contributed by atoms with Crippen LogP contribution in [0, 0.1) is 0 Å². The molecule has 0 aliphatic heterocycles. The molecule has 0 aromatic heterocycles. The topological polar surface area (TPSA) is 58.2 Å². The van der Waals surface area contributed by atoms with Gasteiger partial charge in [0.2, 0.25) is 11.8 Å². The molecule has 0 unspecified atom stereocenters. The number of anilines is 2. The van der Waals surface area contributed by atoms with Crippen molar-refractivity contribution in [2.75, 3.05) is 10.6 Å². The van der Waals surface area contributed by atoms with Gasteiger partial charge < -0.3 is 10.6 Å². The van der Waals surface area contributed by atoms with Crippen molar-refractivity contribution in [1.29, 1.82) is 0 Å². The molecule has 4 nitrogen and oxygen atoms in total. The third kappa shape index (κ3) is 6.78. The van der Waals surface area contributed by atoms with Gasteiger partial charge >= 0.3 is 0 Å². The number of amides is 2. The van der Waals surface area contributed by atoms with Gasteiger partial charge in [0.15, 0.2) is 0 Å². The first kappa shape index (κ1) is 16.7. The summed E-state index contributed by atoms with van der Waals surface area (Å²) >= 11 is 0. The van der Waals surface area contributed by atoms with Gasteiger partial charge in [0.1, 0.15) is 0 Å². The number of hydrogen-bond acceptors (Lipinski definition) is 2. The number of carbonyl (C=O) groups is 2. The Balaban J connectivity index is 1.55. The molecule has 0 radical (unpaired) electrons. The molecule has 0 fully saturated rings. The maximum absolute atomic E-state index is 11.8. The number of benzene rings is 2. The van der Waals surface area contributed by atoms with Crippen molar-refractivity contribution in [3.8, 4) is 0 Å². The van der Waals surface area contributed by atoms with Crippen LogP contribution in [0.4, 0.5) is 11.4 Å². The fraction of sp³-hybridized carbons (Fsp3) is 0.263. The van der Waals surface area contributed by atoms with E-state index in [1.807, 2.05) is 60.7 Å². The van der Waals surface area contributed by atoms with E-state index in [2.05, 4.69) is 10.6 Å². The Bertz CT molecular complexity index is 556. The summed E-state index contributed by atoms with van der Waals surface area (Å²) in [6.45, 7) is 0. The number of unbranched alkanes of at least 4 members (excludes halogenated alkanes) is 2. The van der Waals surface area contributed by atoms with Crippen molar-refractivity contribution in [3.05, 3.63) is 60.7 Å². The summed E-state index contributed by atoms with van der Waals surface area (Å²) in [4.78, 5) is 23.5. The van der Waals surface area contributed by atoms with Crippen molar-refractivity contribution in [3.63, 3.8) is 0 Å². The number of rotatable bonds is 8. The summed E-state index contributed by atoms with van der Waals surface area (Å²) < 4.78 is 0. The molecule has 0 heterocycles. The van der Waals surface area contributed by atoms with Gasteiger partial charge in [0.05, 0.1) is 0 Å². The van der Waals surface area contributed by atoms with Gasteiger partial charge in [-0.1, -0.05) is 42.8 Å². The van der Waals surface area contributed by atoms with E-state index in [9.17, 15) is 9.59 Å². The Morgan fingerprint density at radius 3 is 1.39 bits per heavy atom. The quantitative estimate of drug-likeness (QED) is 0.717. The minimum absolute atomic E-state index is 0.0185. The second-order valence-electron chi connectivity index (χ2n) is 5.39. The zero-order valence-corrected chi connectivity index (χ0v) is 13.1. The Labute approximate surface area is 136 Å². The highest BCUT2D eigenvalue weighted by Gasteiger charge is 2.04. The predicted octanol–water partition coefficient (Wildman–Crippen LogP) is 4.21. The Kier molecular flexibility index (Phi) is 6.85. The molecule has 2 N–H and O–H groups in total. The molecule has 2 aromatic rings. The van der Waals surface area contributed by atoms with Crippen molar-refractivity contribution in [2.45, 2.75) is 32.1 Å². The van der Waals surface area contributed by atoms with Crippen molar-refractivity contribution in [1.82, 2.24) is 0 Å². The van der Waals surface area contributed by atoms with E-state index in [1.165, 1.54) is 0 Å². The van der Waals surface area contributed by atoms with Crippen LogP contribution in [0.1, 0.15) is 32.1 Å². The van der Waals surface area contributed by atoms with Crippen molar-refractivity contribution < 1.29 is 9.59 Å². The lowest BCUT2D eigenvalue weighted by Gasteiger charge is -2.06. The molecule has 120 valence electrons. The molecule has 2 aromatic carbocycles. The van der Waals surface area contributed by atoms with Crippen LogP contribution in [-0.4, -0.2) is 11.8 Å². The van der Waals surface area contributed by atoms with E-state index >= 15 is 0 Å². The van der Waals surface area contributed by atoms with E-state index in [-0.39, 0.29) is 11.8 Å². The first-order valence-corrected chi connectivity index (χ1v) is 7.94. The SMILES string of the molecule is O=C(CCCCCC(=O)Nc1ccccc1)Nc1ccccc1. The Hall–Kier alpha value is -2.62. The number of carbonyl (C=O) groups excluding carboxylic acids is 2. The second-order valence-corrected chi connectivity index (χ2v) is 5.39. The lowest BCUT2D eigenvalue weighted by atomic mass is 10.1. The highest BCUT2D eigenvalue weighted by Crippen LogP contribution is 2.10. The highest BCUT2D eigenvalue weighted by molar-refractivity contribution is 5.91. The highest BCUT2D eigenvalue weighted by atomic mass is 16.2. The van der Waals surface area contributed by atoms with E-state index in [4.69, 9.17) is 0 Å². The summed E-state index contributed by atoms with van der Waals surface area (Å²) in [5.41, 5.74) is 1.64. The standard InChI is InChI=1S/C19H22N2O2/c22-18(20-16-10-4-1-5-11-16)14-8-3-9-15-19(23)21-17-12-6-2-7-13-17/h1-2,4-7,10-13H,3,8-9,14-15H2,(H,20,22)(H,21,23).